The largest absolute Gasteiger partial charge is 0.326 e. The molecule has 1 aromatic rings. The molecule has 0 atom stereocenters. The van der Waals surface area contributed by atoms with Gasteiger partial charge in [0.25, 0.3) is 0 Å². The third-order valence-electron chi connectivity index (χ3n) is 3.40. The molecule has 1 aromatic carbocycles. The van der Waals surface area contributed by atoms with Crippen LogP contribution >= 0.6 is 0 Å². The standard InChI is InChI=1S/C16H26N2O3S/c1-4-5-6-12-18(22(3,20)21)13-11-16(19)17-15-9-7-14(2)8-10-15/h7-10H,4-6,11-13H2,1-3H3,(H,17,19). The first kappa shape index (κ1) is 18.6. The quantitative estimate of drug-likeness (QED) is 0.710. The maximum Gasteiger partial charge on any atom is 0.225 e. The van der Waals surface area contributed by atoms with E-state index < -0.39 is 10.0 Å². The predicted molar refractivity (Wildman–Crippen MR) is 90.4 cm³/mol. The number of carbonyl (C=O) groups is 1. The molecule has 0 aliphatic heterocycles. The van der Waals surface area contributed by atoms with Crippen LogP contribution in [0.5, 0.6) is 0 Å². The highest BCUT2D eigenvalue weighted by molar-refractivity contribution is 7.88. The van der Waals surface area contributed by atoms with Gasteiger partial charge in [0.1, 0.15) is 0 Å². The molecule has 0 radical (unpaired) electrons. The van der Waals surface area contributed by atoms with E-state index in [1.165, 1.54) is 10.6 Å². The lowest BCUT2D eigenvalue weighted by atomic mass is 10.2. The Morgan fingerprint density at radius 1 is 1.14 bits per heavy atom. The van der Waals surface area contributed by atoms with Gasteiger partial charge in [-0.05, 0) is 25.5 Å². The van der Waals surface area contributed by atoms with Gasteiger partial charge in [-0.1, -0.05) is 37.5 Å². The number of hydrogen-bond donors (Lipinski definition) is 1. The van der Waals surface area contributed by atoms with Crippen LogP contribution in [0.15, 0.2) is 24.3 Å². The third kappa shape index (κ3) is 7.04. The van der Waals surface area contributed by atoms with Crippen molar-refractivity contribution in [2.75, 3.05) is 24.7 Å². The van der Waals surface area contributed by atoms with Gasteiger partial charge in [0, 0.05) is 25.2 Å². The van der Waals surface area contributed by atoms with Crippen LogP contribution in [0.3, 0.4) is 0 Å². The highest BCUT2D eigenvalue weighted by atomic mass is 32.2. The number of amides is 1. The Labute approximate surface area is 133 Å². The number of nitrogens with zero attached hydrogens (tertiary/aromatic N) is 1. The summed E-state index contributed by atoms with van der Waals surface area (Å²) in [5, 5.41) is 2.78. The van der Waals surface area contributed by atoms with Crippen LogP contribution in [0.4, 0.5) is 5.69 Å². The molecule has 1 N–H and O–H groups in total. The van der Waals surface area contributed by atoms with E-state index in [0.29, 0.717) is 6.54 Å². The highest BCUT2D eigenvalue weighted by Crippen LogP contribution is 2.10. The van der Waals surface area contributed by atoms with Gasteiger partial charge in [-0.15, -0.1) is 0 Å². The number of sulfonamides is 1. The first-order valence-corrected chi connectivity index (χ1v) is 9.49. The minimum Gasteiger partial charge on any atom is -0.326 e. The van der Waals surface area contributed by atoms with E-state index >= 15 is 0 Å². The minimum atomic E-state index is -3.27. The van der Waals surface area contributed by atoms with E-state index in [1.807, 2.05) is 31.2 Å². The molecule has 0 heterocycles. The number of anilines is 1. The molecule has 0 aromatic heterocycles. The molecule has 1 amide bonds. The number of benzene rings is 1. The van der Waals surface area contributed by atoms with E-state index in [9.17, 15) is 13.2 Å². The molecule has 0 saturated carbocycles. The van der Waals surface area contributed by atoms with Crippen LogP contribution in [0.2, 0.25) is 0 Å². The molecule has 0 saturated heterocycles. The number of carbonyl (C=O) groups excluding carboxylic acids is 1. The molecule has 1 rings (SSSR count). The Kier molecular flexibility index (Phi) is 7.55. The Morgan fingerprint density at radius 2 is 1.77 bits per heavy atom. The maximum atomic E-state index is 11.9. The molecule has 0 bridgehead atoms. The summed E-state index contributed by atoms with van der Waals surface area (Å²) >= 11 is 0. The van der Waals surface area contributed by atoms with Gasteiger partial charge in [-0.25, -0.2) is 12.7 Å². The molecule has 6 heteroatoms. The molecule has 5 nitrogen and oxygen atoms in total. The maximum absolute atomic E-state index is 11.9. The van der Waals surface area contributed by atoms with Crippen molar-refractivity contribution in [2.45, 2.75) is 39.5 Å². The Bertz CT molecular complexity index is 568. The summed E-state index contributed by atoms with van der Waals surface area (Å²) in [6, 6.07) is 7.51. The summed E-state index contributed by atoms with van der Waals surface area (Å²) in [5.41, 5.74) is 1.85. The second-order valence-corrected chi connectivity index (χ2v) is 7.52. The second-order valence-electron chi connectivity index (χ2n) is 5.53. The van der Waals surface area contributed by atoms with Crippen molar-refractivity contribution in [3.63, 3.8) is 0 Å². The fourth-order valence-electron chi connectivity index (χ4n) is 2.07. The summed E-state index contributed by atoms with van der Waals surface area (Å²) in [7, 11) is -3.27. The smallest absolute Gasteiger partial charge is 0.225 e. The van der Waals surface area contributed by atoms with Gasteiger partial charge in [0.05, 0.1) is 6.26 Å². The lowest BCUT2D eigenvalue weighted by molar-refractivity contribution is -0.116. The zero-order valence-electron chi connectivity index (χ0n) is 13.6. The van der Waals surface area contributed by atoms with Crippen molar-refractivity contribution in [2.24, 2.45) is 0 Å². The summed E-state index contributed by atoms with van der Waals surface area (Å²) in [6.07, 6.45) is 4.19. The molecule has 0 aliphatic rings. The number of aryl methyl sites for hydroxylation is 1. The molecule has 22 heavy (non-hydrogen) atoms. The number of hydrogen-bond acceptors (Lipinski definition) is 3. The lowest BCUT2D eigenvalue weighted by Gasteiger charge is -2.19. The molecule has 0 unspecified atom stereocenters. The number of nitrogens with one attached hydrogen (secondary N) is 1. The third-order valence-corrected chi connectivity index (χ3v) is 4.71. The van der Waals surface area contributed by atoms with Gasteiger partial charge in [0.15, 0.2) is 0 Å². The molecule has 0 spiro atoms. The number of unbranched alkanes of at least 4 members (excludes halogenated alkanes) is 2. The highest BCUT2D eigenvalue weighted by Gasteiger charge is 2.17. The van der Waals surface area contributed by atoms with Gasteiger partial charge >= 0.3 is 0 Å². The van der Waals surface area contributed by atoms with Crippen molar-refractivity contribution < 1.29 is 13.2 Å². The van der Waals surface area contributed by atoms with Crippen LogP contribution < -0.4 is 5.32 Å². The van der Waals surface area contributed by atoms with Crippen molar-refractivity contribution >= 4 is 21.6 Å². The summed E-state index contributed by atoms with van der Waals surface area (Å²) in [6.45, 7) is 4.75. The number of rotatable bonds is 9. The summed E-state index contributed by atoms with van der Waals surface area (Å²) in [5.74, 6) is -0.173. The van der Waals surface area contributed by atoms with E-state index in [0.717, 1.165) is 30.5 Å². The topological polar surface area (TPSA) is 66.5 Å². The molecular formula is C16H26N2O3S. The monoisotopic (exact) mass is 326 g/mol. The summed E-state index contributed by atoms with van der Waals surface area (Å²) in [4.78, 5) is 11.9. The van der Waals surface area contributed by atoms with Crippen LogP contribution in [0, 0.1) is 6.92 Å². The van der Waals surface area contributed by atoms with E-state index in [1.54, 1.807) is 0 Å². The molecule has 0 fully saturated rings. The fourth-order valence-corrected chi connectivity index (χ4v) is 2.95. The SMILES string of the molecule is CCCCCN(CCC(=O)Nc1ccc(C)cc1)S(C)(=O)=O. The Balaban J connectivity index is 2.49. The van der Waals surface area contributed by atoms with E-state index in [2.05, 4.69) is 12.2 Å². The van der Waals surface area contributed by atoms with Crippen molar-refractivity contribution in [3.8, 4) is 0 Å². The van der Waals surface area contributed by atoms with Gasteiger partial charge in [0.2, 0.25) is 15.9 Å². The predicted octanol–water partition coefficient (Wildman–Crippen LogP) is 2.78. The Morgan fingerprint density at radius 3 is 2.32 bits per heavy atom. The fraction of sp³-hybridized carbons (Fsp3) is 0.562. The van der Waals surface area contributed by atoms with Crippen molar-refractivity contribution in [1.29, 1.82) is 0 Å². The lowest BCUT2D eigenvalue weighted by Crippen LogP contribution is -2.33. The van der Waals surface area contributed by atoms with Gasteiger partial charge in [-0.3, -0.25) is 4.79 Å². The van der Waals surface area contributed by atoms with Gasteiger partial charge in [-0.2, -0.15) is 0 Å². The second kappa shape index (κ2) is 8.90. The first-order valence-electron chi connectivity index (χ1n) is 7.64. The summed E-state index contributed by atoms with van der Waals surface area (Å²) < 4.78 is 24.8. The average molecular weight is 326 g/mol. The zero-order valence-corrected chi connectivity index (χ0v) is 14.4. The minimum absolute atomic E-state index is 0.160. The van der Waals surface area contributed by atoms with Gasteiger partial charge < -0.3 is 5.32 Å². The van der Waals surface area contributed by atoms with Crippen LogP contribution in [-0.2, 0) is 14.8 Å². The molecule has 124 valence electrons. The van der Waals surface area contributed by atoms with Crippen LogP contribution in [-0.4, -0.2) is 38.0 Å². The van der Waals surface area contributed by atoms with Crippen LogP contribution in [0.25, 0.3) is 0 Å². The normalized spacial score (nSPS) is 11.6. The Hall–Kier alpha value is -1.40. The van der Waals surface area contributed by atoms with Crippen molar-refractivity contribution in [3.05, 3.63) is 29.8 Å². The van der Waals surface area contributed by atoms with E-state index in [4.69, 9.17) is 0 Å². The van der Waals surface area contributed by atoms with Crippen molar-refractivity contribution in [1.82, 2.24) is 4.31 Å². The average Bonchev–Trinajstić information content (AvgIpc) is 2.44. The van der Waals surface area contributed by atoms with E-state index in [-0.39, 0.29) is 18.9 Å². The molecule has 0 aliphatic carbocycles. The first-order chi connectivity index (χ1) is 10.3. The van der Waals surface area contributed by atoms with Crippen LogP contribution in [0.1, 0.15) is 38.2 Å². The molecular weight excluding hydrogens is 300 g/mol. The zero-order chi connectivity index (χ0) is 16.6.